The third-order valence-corrected chi connectivity index (χ3v) is 6.94. The quantitative estimate of drug-likeness (QED) is 0.498. The maximum Gasteiger partial charge on any atom is 0.171 e. The van der Waals surface area contributed by atoms with E-state index in [9.17, 15) is 9.59 Å². The second-order valence-corrected chi connectivity index (χ2v) is 8.95. The summed E-state index contributed by atoms with van der Waals surface area (Å²) in [6.07, 6.45) is 4.68. The van der Waals surface area contributed by atoms with Crippen LogP contribution in [0.5, 0.6) is 17.2 Å². The molecule has 2 bridgehead atoms. The molecule has 3 aliphatic carbocycles. The molecule has 3 aromatic rings. The van der Waals surface area contributed by atoms with E-state index in [2.05, 4.69) is 0 Å². The third-order valence-electron chi connectivity index (χ3n) is 6.94. The Balaban J connectivity index is 1.32. The molecule has 3 aliphatic rings. The Hall–Kier alpha value is -3.66. The highest BCUT2D eigenvalue weighted by molar-refractivity contribution is 6.17. The summed E-state index contributed by atoms with van der Waals surface area (Å²) in [5.74, 6) is 1.27. The van der Waals surface area contributed by atoms with Crippen LogP contribution in [-0.4, -0.2) is 17.2 Å². The second kappa shape index (κ2) is 6.92. The number of rotatable bonds is 4. The average molecular weight is 422 g/mol. The van der Waals surface area contributed by atoms with Gasteiger partial charge in [-0.3, -0.25) is 9.59 Å². The van der Waals surface area contributed by atoms with E-state index in [-0.39, 0.29) is 23.4 Å². The third kappa shape index (κ3) is 2.83. The molecule has 1 saturated carbocycles. The van der Waals surface area contributed by atoms with E-state index < -0.39 is 11.5 Å². The normalized spacial score (nSPS) is 27.2. The average Bonchev–Trinajstić information content (AvgIpc) is 3.36. The molecule has 4 heteroatoms. The van der Waals surface area contributed by atoms with Crippen molar-refractivity contribution in [3.8, 4) is 17.2 Å². The number of carbonyl (C=O) groups excluding carboxylic acids is 2. The first-order valence-corrected chi connectivity index (χ1v) is 10.9. The molecule has 0 spiro atoms. The van der Waals surface area contributed by atoms with Crippen molar-refractivity contribution in [2.24, 2.45) is 17.8 Å². The van der Waals surface area contributed by atoms with Gasteiger partial charge in [0.25, 0.3) is 0 Å². The smallest absolute Gasteiger partial charge is 0.171 e. The summed E-state index contributed by atoms with van der Waals surface area (Å²) in [5, 5.41) is 0. The minimum Gasteiger partial charge on any atom is -0.482 e. The number of carbonyl (C=O) groups is 2. The van der Waals surface area contributed by atoms with Crippen molar-refractivity contribution >= 4 is 11.6 Å². The van der Waals surface area contributed by atoms with Gasteiger partial charge < -0.3 is 9.47 Å². The number of ether oxygens (including phenoxy) is 2. The van der Waals surface area contributed by atoms with Crippen LogP contribution in [0.25, 0.3) is 0 Å². The van der Waals surface area contributed by atoms with Gasteiger partial charge in [0.1, 0.15) is 22.8 Å². The summed E-state index contributed by atoms with van der Waals surface area (Å²) < 4.78 is 12.5. The molecule has 0 radical (unpaired) electrons. The Kier molecular flexibility index (Phi) is 4.12. The van der Waals surface area contributed by atoms with Crippen LogP contribution in [0.3, 0.4) is 0 Å². The van der Waals surface area contributed by atoms with Crippen LogP contribution in [0.2, 0.25) is 0 Å². The number of benzene rings is 3. The van der Waals surface area contributed by atoms with E-state index in [1.807, 2.05) is 79.7 Å². The molecule has 0 saturated heterocycles. The fourth-order valence-electron chi connectivity index (χ4n) is 5.51. The van der Waals surface area contributed by atoms with Crippen LogP contribution in [-0.2, 0) is 0 Å². The van der Waals surface area contributed by atoms with Gasteiger partial charge >= 0.3 is 0 Å². The molecule has 6 rings (SSSR count). The zero-order valence-corrected chi connectivity index (χ0v) is 17.7. The van der Waals surface area contributed by atoms with E-state index in [1.54, 1.807) is 12.1 Å². The molecule has 0 heterocycles. The SMILES string of the molecule is Cc1ccc(Oc2cccc(OC34C=CC(C3)C3C(=O)c5ccccc5C(=O)C34)c2)cc1. The highest BCUT2D eigenvalue weighted by Crippen LogP contribution is 2.56. The first-order valence-electron chi connectivity index (χ1n) is 10.9. The number of hydrogen-bond donors (Lipinski definition) is 0. The lowest BCUT2D eigenvalue weighted by Crippen LogP contribution is -2.49. The van der Waals surface area contributed by atoms with Gasteiger partial charge in [0.2, 0.25) is 0 Å². The molecule has 0 aliphatic heterocycles. The van der Waals surface area contributed by atoms with Crippen molar-refractivity contribution in [1.29, 1.82) is 0 Å². The number of Topliss-reactive ketones (excluding diaryl/α,β-unsaturated/α-hetero) is 2. The highest BCUT2D eigenvalue weighted by atomic mass is 16.5. The van der Waals surface area contributed by atoms with Crippen molar-refractivity contribution < 1.29 is 19.1 Å². The van der Waals surface area contributed by atoms with Crippen molar-refractivity contribution in [3.63, 3.8) is 0 Å². The van der Waals surface area contributed by atoms with Gasteiger partial charge in [-0.1, -0.05) is 54.1 Å². The highest BCUT2D eigenvalue weighted by Gasteiger charge is 2.64. The molecule has 4 atom stereocenters. The lowest BCUT2D eigenvalue weighted by molar-refractivity contribution is 0.0435. The molecule has 0 N–H and O–H groups in total. The molecule has 158 valence electrons. The zero-order chi connectivity index (χ0) is 21.9. The molecule has 3 aromatic carbocycles. The summed E-state index contributed by atoms with van der Waals surface area (Å²) >= 11 is 0. The van der Waals surface area contributed by atoms with Gasteiger partial charge in [-0.15, -0.1) is 0 Å². The maximum absolute atomic E-state index is 13.5. The Morgan fingerprint density at radius 1 is 0.812 bits per heavy atom. The molecule has 0 aromatic heterocycles. The molecule has 1 fully saturated rings. The van der Waals surface area contributed by atoms with Crippen molar-refractivity contribution in [2.45, 2.75) is 18.9 Å². The molecule has 0 amide bonds. The van der Waals surface area contributed by atoms with Crippen LogP contribution in [0.15, 0.2) is 84.9 Å². The summed E-state index contributed by atoms with van der Waals surface area (Å²) in [7, 11) is 0. The van der Waals surface area contributed by atoms with Gasteiger partial charge in [0.15, 0.2) is 11.6 Å². The van der Waals surface area contributed by atoms with Crippen LogP contribution in [0.4, 0.5) is 0 Å². The van der Waals surface area contributed by atoms with Crippen molar-refractivity contribution in [2.75, 3.05) is 0 Å². The number of hydrogen-bond acceptors (Lipinski definition) is 4. The van der Waals surface area contributed by atoms with Gasteiger partial charge in [-0.2, -0.15) is 0 Å². The first kappa shape index (κ1) is 19.1. The van der Waals surface area contributed by atoms with E-state index in [1.165, 1.54) is 5.56 Å². The van der Waals surface area contributed by atoms with E-state index in [4.69, 9.17) is 9.47 Å². The Labute approximate surface area is 186 Å². The van der Waals surface area contributed by atoms with Crippen molar-refractivity contribution in [1.82, 2.24) is 0 Å². The second-order valence-electron chi connectivity index (χ2n) is 8.95. The van der Waals surface area contributed by atoms with Crippen LogP contribution in [0.1, 0.15) is 32.7 Å². The predicted molar refractivity (Wildman–Crippen MR) is 120 cm³/mol. The summed E-state index contributed by atoms with van der Waals surface area (Å²) in [5.41, 5.74) is 1.42. The standard InChI is InChI=1S/C28H22O4/c1-17-9-11-19(12-10-17)31-20-5-4-6-21(15-20)32-28-14-13-18(16-28)24-25(28)27(30)23-8-3-2-7-22(23)26(24)29/h2-15,18,24-25H,16H2,1H3. The monoisotopic (exact) mass is 422 g/mol. The van der Waals surface area contributed by atoms with Gasteiger partial charge in [0.05, 0.1) is 5.92 Å². The summed E-state index contributed by atoms with van der Waals surface area (Å²) in [6, 6.07) is 22.5. The van der Waals surface area contributed by atoms with E-state index in [0.717, 1.165) is 5.75 Å². The number of aryl methyl sites for hydroxylation is 1. The van der Waals surface area contributed by atoms with Crippen LogP contribution < -0.4 is 9.47 Å². The minimum absolute atomic E-state index is 0.00381. The number of fused-ring (bicyclic) bond motifs is 6. The van der Waals surface area contributed by atoms with Gasteiger partial charge in [-0.05, 0) is 49.6 Å². The fraction of sp³-hybridized carbons (Fsp3) is 0.214. The van der Waals surface area contributed by atoms with Gasteiger partial charge in [-0.25, -0.2) is 0 Å². The number of ketones is 2. The summed E-state index contributed by atoms with van der Waals surface area (Å²) in [4.78, 5) is 26.7. The van der Waals surface area contributed by atoms with Gasteiger partial charge in [0, 0.05) is 23.1 Å². The van der Waals surface area contributed by atoms with E-state index in [0.29, 0.717) is 29.0 Å². The first-order chi connectivity index (χ1) is 15.5. The predicted octanol–water partition coefficient (Wildman–Crippen LogP) is 5.81. The van der Waals surface area contributed by atoms with E-state index >= 15 is 0 Å². The number of allylic oxidation sites excluding steroid dienone is 1. The Morgan fingerprint density at radius 2 is 1.53 bits per heavy atom. The molecule has 4 nitrogen and oxygen atoms in total. The van der Waals surface area contributed by atoms with Crippen molar-refractivity contribution in [3.05, 3.63) is 102 Å². The zero-order valence-electron chi connectivity index (χ0n) is 17.7. The fourth-order valence-corrected chi connectivity index (χ4v) is 5.51. The van der Waals surface area contributed by atoms with Crippen LogP contribution >= 0.6 is 0 Å². The topological polar surface area (TPSA) is 52.6 Å². The lowest BCUT2D eigenvalue weighted by Gasteiger charge is -2.38. The molecule has 4 unspecified atom stereocenters. The Morgan fingerprint density at radius 3 is 2.31 bits per heavy atom. The lowest BCUT2D eigenvalue weighted by atomic mass is 9.68. The van der Waals surface area contributed by atoms with Crippen LogP contribution in [0, 0.1) is 24.7 Å². The maximum atomic E-state index is 13.5. The Bertz CT molecular complexity index is 1270. The molecule has 32 heavy (non-hydrogen) atoms. The molecular weight excluding hydrogens is 400 g/mol. The molecular formula is C28H22O4. The summed E-state index contributed by atoms with van der Waals surface area (Å²) in [6.45, 7) is 2.03. The largest absolute Gasteiger partial charge is 0.482 e. The minimum atomic E-state index is -0.807.